The molecule has 96 valence electrons. The van der Waals surface area contributed by atoms with Crippen molar-refractivity contribution in [3.63, 3.8) is 0 Å². The predicted octanol–water partition coefficient (Wildman–Crippen LogP) is 2.53. The Morgan fingerprint density at radius 1 is 0.882 bits per heavy atom. The normalized spacial score (nSPS) is 11.1. The van der Waals surface area contributed by atoms with Gasteiger partial charge in [-0.15, -0.1) is 0 Å². The lowest BCUT2D eigenvalue weighted by Gasteiger charge is -2.16. The van der Waals surface area contributed by atoms with E-state index in [0.29, 0.717) is 0 Å². The quantitative estimate of drug-likeness (QED) is 0.662. The minimum Gasteiger partial charge on any atom is -0.393 e. The van der Waals surface area contributed by atoms with Crippen molar-refractivity contribution in [2.75, 3.05) is 13.2 Å². The summed E-state index contributed by atoms with van der Waals surface area (Å²) in [7, 11) is -1.66. The second kappa shape index (κ2) is 8.45. The lowest BCUT2D eigenvalue weighted by atomic mass is 10.2. The molecule has 1 aromatic rings. The number of benzene rings is 1. The molecule has 1 rings (SSSR count). The molecule has 0 spiro atoms. The first-order chi connectivity index (χ1) is 8.31. The molecule has 0 unspecified atom stereocenters. The number of rotatable bonds is 8. The summed E-state index contributed by atoms with van der Waals surface area (Å²) >= 11 is 0. The Morgan fingerprint density at radius 3 is 1.82 bits per heavy atom. The van der Waals surface area contributed by atoms with Gasteiger partial charge in [-0.25, -0.2) is 0 Å². The Bertz CT molecular complexity index is 290. The Kier molecular flexibility index (Phi) is 7.16. The molecule has 0 aliphatic carbocycles. The highest BCUT2D eigenvalue weighted by molar-refractivity contribution is 6.61. The average molecular weight is 252 g/mol. The van der Waals surface area contributed by atoms with Crippen LogP contribution in [0.2, 0.25) is 0 Å². The SMILES string of the molecule is CCCO[SiH](OCCC)c1ccc(CC)cc1. The van der Waals surface area contributed by atoms with Crippen LogP contribution in [0.5, 0.6) is 0 Å². The predicted molar refractivity (Wildman–Crippen MR) is 75.1 cm³/mol. The Labute approximate surface area is 107 Å². The molecule has 17 heavy (non-hydrogen) atoms. The van der Waals surface area contributed by atoms with Crippen molar-refractivity contribution in [1.29, 1.82) is 0 Å². The van der Waals surface area contributed by atoms with Crippen LogP contribution in [0.25, 0.3) is 0 Å². The summed E-state index contributed by atoms with van der Waals surface area (Å²) in [6, 6.07) is 8.70. The first kappa shape index (κ1) is 14.4. The van der Waals surface area contributed by atoms with Crippen LogP contribution >= 0.6 is 0 Å². The molecular weight excluding hydrogens is 228 g/mol. The van der Waals surface area contributed by atoms with E-state index in [1.165, 1.54) is 10.8 Å². The highest BCUT2D eigenvalue weighted by Crippen LogP contribution is 2.01. The van der Waals surface area contributed by atoms with Crippen molar-refractivity contribution in [2.24, 2.45) is 0 Å². The zero-order chi connectivity index (χ0) is 12.5. The van der Waals surface area contributed by atoms with Crippen LogP contribution in [0, 0.1) is 0 Å². The second-order valence-electron chi connectivity index (χ2n) is 4.17. The van der Waals surface area contributed by atoms with Gasteiger partial charge in [-0.05, 0) is 30.0 Å². The van der Waals surface area contributed by atoms with Gasteiger partial charge in [0.25, 0.3) is 0 Å². The van der Waals surface area contributed by atoms with Gasteiger partial charge < -0.3 is 8.85 Å². The van der Waals surface area contributed by atoms with E-state index in [2.05, 4.69) is 45.0 Å². The van der Waals surface area contributed by atoms with Gasteiger partial charge in [0.1, 0.15) is 0 Å². The van der Waals surface area contributed by atoms with E-state index in [1.54, 1.807) is 0 Å². The van der Waals surface area contributed by atoms with Crippen molar-refractivity contribution < 1.29 is 8.85 Å². The van der Waals surface area contributed by atoms with Crippen LogP contribution in [0.15, 0.2) is 24.3 Å². The molecule has 0 heterocycles. The third-order valence-corrected chi connectivity index (χ3v) is 4.61. The molecule has 0 atom stereocenters. The molecule has 3 heteroatoms. The largest absolute Gasteiger partial charge is 0.393 e. The molecule has 0 saturated heterocycles. The number of hydrogen-bond acceptors (Lipinski definition) is 2. The smallest absolute Gasteiger partial charge is 0.355 e. The summed E-state index contributed by atoms with van der Waals surface area (Å²) in [6.45, 7) is 8.04. The summed E-state index contributed by atoms with van der Waals surface area (Å²) in [6.07, 6.45) is 3.18. The van der Waals surface area contributed by atoms with E-state index in [4.69, 9.17) is 8.85 Å². The summed E-state index contributed by atoms with van der Waals surface area (Å²) < 4.78 is 11.7. The van der Waals surface area contributed by atoms with Crippen molar-refractivity contribution in [3.8, 4) is 0 Å². The maximum absolute atomic E-state index is 5.87. The van der Waals surface area contributed by atoms with E-state index >= 15 is 0 Å². The van der Waals surface area contributed by atoms with E-state index < -0.39 is 9.28 Å². The highest BCUT2D eigenvalue weighted by atomic mass is 28.3. The summed E-state index contributed by atoms with van der Waals surface area (Å²) in [5.41, 5.74) is 1.37. The van der Waals surface area contributed by atoms with Crippen LogP contribution in [-0.4, -0.2) is 22.5 Å². The van der Waals surface area contributed by atoms with Crippen LogP contribution in [0.3, 0.4) is 0 Å². The molecule has 0 bridgehead atoms. The minimum atomic E-state index is -1.66. The fraction of sp³-hybridized carbons (Fsp3) is 0.571. The highest BCUT2D eigenvalue weighted by Gasteiger charge is 2.15. The van der Waals surface area contributed by atoms with Gasteiger partial charge in [-0.3, -0.25) is 0 Å². The monoisotopic (exact) mass is 252 g/mol. The lowest BCUT2D eigenvalue weighted by Crippen LogP contribution is -2.37. The lowest BCUT2D eigenvalue weighted by molar-refractivity contribution is 0.207. The Balaban J connectivity index is 2.65. The number of hydrogen-bond donors (Lipinski definition) is 0. The molecule has 2 nitrogen and oxygen atoms in total. The van der Waals surface area contributed by atoms with Crippen molar-refractivity contribution in [1.82, 2.24) is 0 Å². The van der Waals surface area contributed by atoms with Gasteiger partial charge in [-0.1, -0.05) is 45.0 Å². The second-order valence-corrected chi connectivity index (χ2v) is 6.17. The first-order valence-electron chi connectivity index (χ1n) is 6.63. The third kappa shape index (κ3) is 5.02. The molecule has 0 saturated carbocycles. The molecule has 0 aliphatic heterocycles. The molecular formula is C14H24O2Si. The van der Waals surface area contributed by atoms with Crippen LogP contribution in [-0.2, 0) is 15.3 Å². The van der Waals surface area contributed by atoms with Crippen molar-refractivity contribution in [2.45, 2.75) is 40.0 Å². The van der Waals surface area contributed by atoms with Crippen molar-refractivity contribution >= 4 is 14.5 Å². The molecule has 0 N–H and O–H groups in total. The standard InChI is InChI=1S/C14H24O2Si/c1-4-11-15-17(16-12-5-2)14-9-7-13(6-3)8-10-14/h7-10,17H,4-6,11-12H2,1-3H3. The Hall–Kier alpha value is -0.643. The molecule has 0 fully saturated rings. The summed E-state index contributed by atoms with van der Waals surface area (Å²) in [4.78, 5) is 0. The van der Waals surface area contributed by atoms with Crippen molar-refractivity contribution in [3.05, 3.63) is 29.8 Å². The maximum atomic E-state index is 5.87. The van der Waals surface area contributed by atoms with Crippen LogP contribution in [0.4, 0.5) is 0 Å². The minimum absolute atomic E-state index is 0.802. The first-order valence-corrected chi connectivity index (χ1v) is 8.15. The van der Waals surface area contributed by atoms with Crippen LogP contribution in [0.1, 0.15) is 39.2 Å². The van der Waals surface area contributed by atoms with Crippen LogP contribution < -0.4 is 5.19 Å². The van der Waals surface area contributed by atoms with Gasteiger partial charge in [0.2, 0.25) is 0 Å². The van der Waals surface area contributed by atoms with E-state index in [0.717, 1.165) is 32.5 Å². The van der Waals surface area contributed by atoms with E-state index in [9.17, 15) is 0 Å². The average Bonchev–Trinajstić information content (AvgIpc) is 2.39. The van der Waals surface area contributed by atoms with Gasteiger partial charge in [0, 0.05) is 13.2 Å². The molecule has 0 amide bonds. The zero-order valence-electron chi connectivity index (χ0n) is 11.2. The van der Waals surface area contributed by atoms with Gasteiger partial charge in [-0.2, -0.15) is 0 Å². The maximum Gasteiger partial charge on any atom is 0.355 e. The molecule has 0 aliphatic rings. The Morgan fingerprint density at radius 2 is 1.41 bits per heavy atom. The van der Waals surface area contributed by atoms with Gasteiger partial charge in [0.05, 0.1) is 0 Å². The third-order valence-electron chi connectivity index (χ3n) is 2.61. The molecule has 0 radical (unpaired) electrons. The van der Waals surface area contributed by atoms with Gasteiger partial charge >= 0.3 is 9.28 Å². The number of aryl methyl sites for hydroxylation is 1. The summed E-state index contributed by atoms with van der Waals surface area (Å²) in [5, 5.41) is 1.25. The topological polar surface area (TPSA) is 18.5 Å². The zero-order valence-corrected chi connectivity index (χ0v) is 12.4. The summed E-state index contributed by atoms with van der Waals surface area (Å²) in [5.74, 6) is 0. The van der Waals surface area contributed by atoms with Gasteiger partial charge in [0.15, 0.2) is 0 Å². The molecule has 0 aromatic heterocycles. The fourth-order valence-corrected chi connectivity index (χ4v) is 3.49. The fourth-order valence-electron chi connectivity index (χ4n) is 1.60. The van der Waals surface area contributed by atoms with E-state index in [1.807, 2.05) is 0 Å². The molecule has 1 aromatic carbocycles. The van der Waals surface area contributed by atoms with E-state index in [-0.39, 0.29) is 0 Å².